The molecule has 2 unspecified atom stereocenters. The summed E-state index contributed by atoms with van der Waals surface area (Å²) in [7, 11) is 0. The fourth-order valence-electron chi connectivity index (χ4n) is 7.22. The second-order valence-corrected chi connectivity index (χ2v) is 11.3. The number of fused-ring (bicyclic) bond motifs is 5. The summed E-state index contributed by atoms with van der Waals surface area (Å²) in [4.78, 5) is 38.5. The predicted molar refractivity (Wildman–Crippen MR) is 141 cm³/mol. The van der Waals surface area contributed by atoms with Gasteiger partial charge in [-0.05, 0) is 63.0 Å². The second-order valence-electron chi connectivity index (χ2n) is 11.3. The summed E-state index contributed by atoms with van der Waals surface area (Å²) >= 11 is 0. The normalized spacial score (nSPS) is 29.2. The summed E-state index contributed by atoms with van der Waals surface area (Å²) < 4.78 is 7.79. The number of rotatable bonds is 4. The van der Waals surface area contributed by atoms with E-state index in [1.807, 2.05) is 0 Å². The molecule has 7 nitrogen and oxygen atoms in total. The molecule has 2 saturated heterocycles. The number of carbonyl (C=O) groups is 1. The third kappa shape index (κ3) is 5.46. The molecule has 6 rings (SSSR count). The van der Waals surface area contributed by atoms with Crippen molar-refractivity contribution in [3.05, 3.63) is 45.1 Å². The average Bonchev–Trinajstić information content (AvgIpc) is 2.87. The van der Waals surface area contributed by atoms with Gasteiger partial charge in [0.25, 0.3) is 5.56 Å². The highest BCUT2D eigenvalue weighted by molar-refractivity contribution is 5.80. The molecule has 1 aromatic heterocycles. The summed E-state index contributed by atoms with van der Waals surface area (Å²) in [6, 6.07) is 7.53. The Morgan fingerprint density at radius 3 is 2.14 bits per heavy atom. The number of piperidine rings is 2. The lowest BCUT2D eigenvalue weighted by molar-refractivity contribution is -0.143. The van der Waals surface area contributed by atoms with Crippen LogP contribution in [-0.2, 0) is 16.1 Å². The molecule has 0 radical (unpaired) electrons. The summed E-state index contributed by atoms with van der Waals surface area (Å²) in [6.45, 7) is 1.79. The van der Waals surface area contributed by atoms with E-state index in [0.29, 0.717) is 23.0 Å². The smallest absolute Gasteiger partial charge is 0.332 e. The summed E-state index contributed by atoms with van der Waals surface area (Å²) in [6.07, 6.45) is 15.7. The van der Waals surface area contributed by atoms with Crippen molar-refractivity contribution in [1.82, 2.24) is 14.5 Å². The minimum atomic E-state index is -0.475. The first-order valence-corrected chi connectivity index (χ1v) is 14.2. The third-order valence-electron chi connectivity index (χ3n) is 8.84. The lowest BCUT2D eigenvalue weighted by atomic mass is 9.72. The van der Waals surface area contributed by atoms with Crippen LogP contribution in [-0.4, -0.2) is 33.8 Å². The van der Waals surface area contributed by atoms with Gasteiger partial charge in [0, 0.05) is 18.1 Å². The van der Waals surface area contributed by atoms with Crippen molar-refractivity contribution in [2.24, 2.45) is 11.8 Å². The standard InChI is InChI=1S/C20H25N3O4.C9H16/c1-2-27-18(24)12-22-17-9-4-3-8-16(17)19(25)23(20(22)26)15-10-13-6-5-7-14(11-15)21-13;1-3-8-5-2-6-9(4-1)7-8/h3-4,8-9,13-15,21H,2,5-7,10-12H2,1H3;8-9H,1-7H2. The SMILES string of the molecule is C1CC2CCCC(C1)C2.CCOC(=O)Cn1c(=O)n(C2CC3CCCC(C2)N3)c(=O)c2ccccc21. The van der Waals surface area contributed by atoms with Crippen molar-refractivity contribution < 1.29 is 9.53 Å². The van der Waals surface area contributed by atoms with Gasteiger partial charge in [-0.3, -0.25) is 18.7 Å². The Bertz CT molecular complexity index is 1150. The van der Waals surface area contributed by atoms with Crippen LogP contribution in [0.1, 0.15) is 90.0 Å². The Labute approximate surface area is 213 Å². The Kier molecular flexibility index (Phi) is 7.94. The maximum absolute atomic E-state index is 13.3. The molecule has 0 spiro atoms. The quantitative estimate of drug-likeness (QED) is 0.630. The summed E-state index contributed by atoms with van der Waals surface area (Å²) in [5.41, 5.74) is -0.205. The van der Waals surface area contributed by atoms with E-state index in [1.165, 1.54) is 28.4 Å². The van der Waals surface area contributed by atoms with E-state index in [2.05, 4.69) is 5.32 Å². The molecular formula is C29H41N3O4. The van der Waals surface area contributed by atoms with Crippen molar-refractivity contribution in [2.45, 2.75) is 109 Å². The molecule has 1 aromatic carbocycles. The predicted octanol–water partition coefficient (Wildman–Crippen LogP) is 4.55. The number of benzene rings is 1. The first-order valence-electron chi connectivity index (χ1n) is 14.2. The molecule has 36 heavy (non-hydrogen) atoms. The summed E-state index contributed by atoms with van der Waals surface area (Å²) in [5.74, 6) is 1.83. The molecule has 1 N–H and O–H groups in total. The maximum atomic E-state index is 13.3. The molecule has 7 heteroatoms. The van der Waals surface area contributed by atoms with Crippen LogP contribution in [0.2, 0.25) is 0 Å². The van der Waals surface area contributed by atoms with E-state index in [1.54, 1.807) is 63.3 Å². The number of ether oxygens (including phenoxy) is 1. The van der Waals surface area contributed by atoms with E-state index < -0.39 is 11.7 Å². The van der Waals surface area contributed by atoms with Gasteiger partial charge < -0.3 is 10.1 Å². The van der Waals surface area contributed by atoms with Gasteiger partial charge in [-0.1, -0.05) is 57.1 Å². The number of carbonyl (C=O) groups excluding carboxylic acids is 1. The molecule has 2 aromatic rings. The van der Waals surface area contributed by atoms with Gasteiger partial charge in [0.05, 0.1) is 17.5 Å². The molecule has 4 aliphatic rings. The summed E-state index contributed by atoms with van der Waals surface area (Å²) in [5, 5.41) is 4.06. The third-order valence-corrected chi connectivity index (χ3v) is 8.84. The first-order chi connectivity index (χ1) is 17.5. The monoisotopic (exact) mass is 495 g/mol. The first kappa shape index (κ1) is 25.2. The fourth-order valence-corrected chi connectivity index (χ4v) is 7.22. The minimum Gasteiger partial charge on any atom is -0.465 e. The molecule has 4 bridgehead atoms. The van der Waals surface area contributed by atoms with E-state index in [0.717, 1.165) is 37.5 Å². The van der Waals surface area contributed by atoms with E-state index in [9.17, 15) is 14.4 Å². The second kappa shape index (κ2) is 11.3. The van der Waals surface area contributed by atoms with Gasteiger partial charge in [-0.2, -0.15) is 0 Å². The van der Waals surface area contributed by atoms with Gasteiger partial charge in [0.15, 0.2) is 0 Å². The number of aromatic nitrogens is 2. The lowest BCUT2D eigenvalue weighted by Gasteiger charge is -2.40. The van der Waals surface area contributed by atoms with Crippen LogP contribution in [0.5, 0.6) is 0 Å². The van der Waals surface area contributed by atoms with Crippen LogP contribution >= 0.6 is 0 Å². The number of nitrogens with one attached hydrogen (secondary N) is 1. The van der Waals surface area contributed by atoms with Gasteiger partial charge in [0.1, 0.15) is 6.54 Å². The number of esters is 1. The Morgan fingerprint density at radius 1 is 0.917 bits per heavy atom. The Morgan fingerprint density at radius 2 is 1.53 bits per heavy atom. The molecule has 3 heterocycles. The highest BCUT2D eigenvalue weighted by atomic mass is 16.5. The fraction of sp³-hybridized carbons (Fsp3) is 0.690. The van der Waals surface area contributed by atoms with Crippen LogP contribution in [0, 0.1) is 11.8 Å². The van der Waals surface area contributed by atoms with Crippen LogP contribution < -0.4 is 16.6 Å². The van der Waals surface area contributed by atoms with Gasteiger partial charge >= 0.3 is 11.7 Å². The van der Waals surface area contributed by atoms with Gasteiger partial charge in [-0.25, -0.2) is 4.79 Å². The van der Waals surface area contributed by atoms with Crippen molar-refractivity contribution in [2.75, 3.05) is 6.61 Å². The zero-order valence-corrected chi connectivity index (χ0v) is 21.6. The van der Waals surface area contributed by atoms with E-state index in [-0.39, 0.29) is 24.8 Å². The highest BCUT2D eigenvalue weighted by Crippen LogP contribution is 2.39. The zero-order valence-electron chi connectivity index (χ0n) is 21.6. The average molecular weight is 496 g/mol. The van der Waals surface area contributed by atoms with E-state index in [4.69, 9.17) is 4.74 Å². The number of hydrogen-bond donors (Lipinski definition) is 1. The largest absolute Gasteiger partial charge is 0.465 e. The van der Waals surface area contributed by atoms with Crippen LogP contribution in [0.15, 0.2) is 33.9 Å². The lowest BCUT2D eigenvalue weighted by Crippen LogP contribution is -2.53. The Balaban J connectivity index is 0.000000247. The van der Waals surface area contributed by atoms with Crippen molar-refractivity contribution >= 4 is 16.9 Å². The molecule has 196 valence electrons. The van der Waals surface area contributed by atoms with Crippen LogP contribution in [0.25, 0.3) is 10.9 Å². The molecule has 2 aliphatic carbocycles. The van der Waals surface area contributed by atoms with Crippen LogP contribution in [0.4, 0.5) is 0 Å². The number of nitrogens with zero attached hydrogens (tertiary/aromatic N) is 2. The zero-order chi connectivity index (χ0) is 25.1. The highest BCUT2D eigenvalue weighted by Gasteiger charge is 2.34. The molecule has 2 saturated carbocycles. The molecular weight excluding hydrogens is 454 g/mol. The van der Waals surface area contributed by atoms with Crippen molar-refractivity contribution in [3.8, 4) is 0 Å². The minimum absolute atomic E-state index is 0.139. The molecule has 2 aliphatic heterocycles. The number of para-hydroxylation sites is 1. The van der Waals surface area contributed by atoms with Crippen molar-refractivity contribution in [3.63, 3.8) is 0 Å². The molecule has 2 atom stereocenters. The van der Waals surface area contributed by atoms with Crippen molar-refractivity contribution in [1.29, 1.82) is 0 Å². The van der Waals surface area contributed by atoms with E-state index >= 15 is 0 Å². The molecule has 0 amide bonds. The van der Waals surface area contributed by atoms with Crippen LogP contribution in [0.3, 0.4) is 0 Å². The molecule has 4 fully saturated rings. The Hall–Kier alpha value is -2.41. The van der Waals surface area contributed by atoms with Gasteiger partial charge in [0.2, 0.25) is 0 Å². The topological polar surface area (TPSA) is 82.3 Å². The van der Waals surface area contributed by atoms with Gasteiger partial charge in [-0.15, -0.1) is 0 Å². The number of hydrogen-bond acceptors (Lipinski definition) is 5. The maximum Gasteiger partial charge on any atom is 0.332 e.